The Hall–Kier alpha value is -2.03. The minimum absolute atomic E-state index is 0.0575. The predicted molar refractivity (Wildman–Crippen MR) is 59.0 cm³/mol. The summed E-state index contributed by atoms with van der Waals surface area (Å²) in [5.41, 5.74) is -0.0377. The van der Waals surface area contributed by atoms with Gasteiger partial charge in [0.1, 0.15) is 17.5 Å². The van der Waals surface area contributed by atoms with Gasteiger partial charge >= 0.3 is 5.97 Å². The monoisotopic (exact) mass is 254 g/mol. The van der Waals surface area contributed by atoms with E-state index in [9.17, 15) is 13.6 Å². The molecule has 1 aromatic heterocycles. The van der Waals surface area contributed by atoms with E-state index in [-0.39, 0.29) is 24.3 Å². The van der Waals surface area contributed by atoms with E-state index < -0.39 is 18.1 Å². The van der Waals surface area contributed by atoms with Crippen molar-refractivity contribution in [2.45, 2.75) is 26.7 Å². The number of aromatic nitrogens is 1. The van der Waals surface area contributed by atoms with Gasteiger partial charge in [0.15, 0.2) is 0 Å². The third-order valence-electron chi connectivity index (χ3n) is 2.28. The predicted octanol–water partition coefficient (Wildman–Crippen LogP) is 2.30. The Morgan fingerprint density at radius 1 is 1.61 bits per heavy atom. The number of nitrogens with zero attached hydrogens (tertiary/aromatic N) is 2. The number of hydrogen-bond acceptors (Lipinski definition) is 4. The molecule has 0 fully saturated rings. The fourth-order valence-electron chi connectivity index (χ4n) is 1.50. The number of hydrogen-bond donors (Lipinski definition) is 0. The Kier molecular flexibility index (Phi) is 4.72. The summed E-state index contributed by atoms with van der Waals surface area (Å²) in [5.74, 6) is -0.592. The van der Waals surface area contributed by atoms with Gasteiger partial charge in [0, 0.05) is 0 Å². The molecule has 0 aliphatic rings. The molecule has 1 heterocycles. The summed E-state index contributed by atoms with van der Waals surface area (Å²) in [6.45, 7) is 3.40. The van der Waals surface area contributed by atoms with Gasteiger partial charge in [-0.15, -0.1) is 0 Å². The average molecular weight is 254 g/mol. The zero-order chi connectivity index (χ0) is 13.7. The highest BCUT2D eigenvalue weighted by molar-refractivity contribution is 5.73. The summed E-state index contributed by atoms with van der Waals surface area (Å²) in [7, 11) is 0. The molecule has 0 radical (unpaired) electrons. The first-order chi connectivity index (χ1) is 8.49. The topological polar surface area (TPSA) is 63.0 Å². The van der Waals surface area contributed by atoms with Crippen molar-refractivity contribution in [3.8, 4) is 6.07 Å². The van der Waals surface area contributed by atoms with Crippen LogP contribution in [0.15, 0.2) is 6.07 Å². The molecule has 0 aliphatic heterocycles. The van der Waals surface area contributed by atoms with Crippen LogP contribution in [0.1, 0.15) is 35.9 Å². The van der Waals surface area contributed by atoms with E-state index in [4.69, 9.17) is 10.00 Å². The number of carbonyl (C=O) groups is 1. The van der Waals surface area contributed by atoms with Crippen LogP contribution >= 0.6 is 0 Å². The van der Waals surface area contributed by atoms with Gasteiger partial charge < -0.3 is 4.74 Å². The van der Waals surface area contributed by atoms with Crippen molar-refractivity contribution in [1.29, 1.82) is 5.26 Å². The van der Waals surface area contributed by atoms with Crippen molar-refractivity contribution in [3.05, 3.63) is 28.6 Å². The van der Waals surface area contributed by atoms with Crippen molar-refractivity contribution >= 4 is 5.97 Å². The van der Waals surface area contributed by atoms with E-state index in [1.807, 2.05) is 0 Å². The second kappa shape index (κ2) is 6.05. The molecule has 0 amide bonds. The van der Waals surface area contributed by atoms with Crippen molar-refractivity contribution in [2.75, 3.05) is 6.61 Å². The molecule has 0 saturated heterocycles. The Morgan fingerprint density at radius 3 is 2.78 bits per heavy atom. The molecule has 0 atom stereocenters. The molecule has 0 unspecified atom stereocenters. The number of esters is 1. The van der Waals surface area contributed by atoms with Crippen LogP contribution in [0.2, 0.25) is 0 Å². The second-order valence-corrected chi connectivity index (χ2v) is 3.59. The summed E-state index contributed by atoms with van der Waals surface area (Å²) in [6, 6.07) is 3.11. The highest BCUT2D eigenvalue weighted by atomic mass is 19.3. The zero-order valence-corrected chi connectivity index (χ0v) is 10.0. The Labute approximate surface area is 103 Å². The summed E-state index contributed by atoms with van der Waals surface area (Å²) in [6.07, 6.45) is -3.10. The zero-order valence-electron chi connectivity index (χ0n) is 10.0. The van der Waals surface area contributed by atoms with Gasteiger partial charge in [-0.2, -0.15) is 5.26 Å². The maximum atomic E-state index is 12.8. The highest BCUT2D eigenvalue weighted by Crippen LogP contribution is 2.23. The molecular weight excluding hydrogens is 242 g/mol. The molecular formula is C12H12F2N2O2. The molecule has 0 bridgehead atoms. The van der Waals surface area contributed by atoms with Gasteiger partial charge in [-0.05, 0) is 25.0 Å². The van der Waals surface area contributed by atoms with Crippen molar-refractivity contribution in [3.63, 3.8) is 0 Å². The van der Waals surface area contributed by atoms with Crippen molar-refractivity contribution in [1.82, 2.24) is 4.98 Å². The first kappa shape index (κ1) is 14.0. The minimum atomic E-state index is -2.83. The van der Waals surface area contributed by atoms with Crippen LogP contribution in [0, 0.1) is 18.3 Å². The molecule has 4 nitrogen and oxygen atoms in total. The van der Waals surface area contributed by atoms with E-state index in [0.29, 0.717) is 5.56 Å². The summed E-state index contributed by atoms with van der Waals surface area (Å²) in [4.78, 5) is 14.9. The summed E-state index contributed by atoms with van der Waals surface area (Å²) < 4.78 is 30.3. The van der Waals surface area contributed by atoms with Crippen LogP contribution in [0.3, 0.4) is 0 Å². The van der Waals surface area contributed by atoms with Crippen LogP contribution < -0.4 is 0 Å². The van der Waals surface area contributed by atoms with Gasteiger partial charge in [0.05, 0.1) is 13.0 Å². The third-order valence-corrected chi connectivity index (χ3v) is 2.28. The first-order valence-electron chi connectivity index (χ1n) is 5.33. The number of carbonyl (C=O) groups excluding carboxylic acids is 1. The number of alkyl halides is 2. The number of nitriles is 1. The third kappa shape index (κ3) is 3.23. The Bertz CT molecular complexity index is 496. The lowest BCUT2D eigenvalue weighted by molar-refractivity contribution is -0.142. The SMILES string of the molecule is CCOC(=O)Cc1cc(C)c(C#N)nc1C(F)F. The lowest BCUT2D eigenvalue weighted by atomic mass is 10.1. The van der Waals surface area contributed by atoms with Gasteiger partial charge in [0.2, 0.25) is 0 Å². The Morgan fingerprint density at radius 2 is 2.28 bits per heavy atom. The van der Waals surface area contributed by atoms with Gasteiger partial charge in [-0.1, -0.05) is 6.07 Å². The average Bonchev–Trinajstić information content (AvgIpc) is 2.29. The van der Waals surface area contributed by atoms with E-state index in [0.717, 1.165) is 0 Å². The second-order valence-electron chi connectivity index (χ2n) is 3.59. The standard InChI is InChI=1S/C12H12F2N2O2/c1-3-18-10(17)5-8-4-7(2)9(6-15)16-11(8)12(13)14/h4,12H,3,5H2,1-2H3. The quantitative estimate of drug-likeness (QED) is 0.773. The molecule has 96 valence electrons. The number of halogens is 2. The maximum absolute atomic E-state index is 12.8. The van der Waals surface area contributed by atoms with Crippen LogP contribution in [-0.2, 0) is 16.0 Å². The summed E-state index contributed by atoms with van der Waals surface area (Å²) >= 11 is 0. The minimum Gasteiger partial charge on any atom is -0.466 e. The lowest BCUT2D eigenvalue weighted by Gasteiger charge is -2.09. The number of pyridine rings is 1. The molecule has 6 heteroatoms. The lowest BCUT2D eigenvalue weighted by Crippen LogP contribution is -2.11. The van der Waals surface area contributed by atoms with E-state index >= 15 is 0 Å². The molecule has 18 heavy (non-hydrogen) atoms. The largest absolute Gasteiger partial charge is 0.466 e. The normalized spacial score (nSPS) is 10.2. The summed E-state index contributed by atoms with van der Waals surface area (Å²) in [5, 5.41) is 8.73. The Balaban J connectivity index is 3.14. The molecule has 0 N–H and O–H groups in total. The fraction of sp³-hybridized carbons (Fsp3) is 0.417. The van der Waals surface area contributed by atoms with Crippen molar-refractivity contribution < 1.29 is 18.3 Å². The van der Waals surface area contributed by atoms with Crippen LogP contribution in [0.5, 0.6) is 0 Å². The van der Waals surface area contributed by atoms with Gasteiger partial charge in [-0.3, -0.25) is 4.79 Å². The highest BCUT2D eigenvalue weighted by Gasteiger charge is 2.19. The van der Waals surface area contributed by atoms with E-state index in [1.54, 1.807) is 19.9 Å². The molecule has 0 spiro atoms. The van der Waals surface area contributed by atoms with Gasteiger partial charge in [-0.25, -0.2) is 13.8 Å². The fourth-order valence-corrected chi connectivity index (χ4v) is 1.50. The molecule has 0 saturated carbocycles. The maximum Gasteiger partial charge on any atom is 0.310 e. The molecule has 0 aliphatic carbocycles. The molecule has 1 aromatic rings. The van der Waals surface area contributed by atoms with Crippen molar-refractivity contribution in [2.24, 2.45) is 0 Å². The van der Waals surface area contributed by atoms with E-state index in [2.05, 4.69) is 4.98 Å². The van der Waals surface area contributed by atoms with Crippen LogP contribution in [-0.4, -0.2) is 17.6 Å². The first-order valence-corrected chi connectivity index (χ1v) is 5.33. The van der Waals surface area contributed by atoms with Crippen LogP contribution in [0.4, 0.5) is 8.78 Å². The molecule has 1 rings (SSSR count). The van der Waals surface area contributed by atoms with Crippen LogP contribution in [0.25, 0.3) is 0 Å². The number of ether oxygens (including phenoxy) is 1. The van der Waals surface area contributed by atoms with Gasteiger partial charge in [0.25, 0.3) is 6.43 Å². The number of aryl methyl sites for hydroxylation is 1. The number of rotatable bonds is 4. The molecule has 0 aromatic carbocycles. The van der Waals surface area contributed by atoms with E-state index in [1.165, 1.54) is 6.07 Å². The smallest absolute Gasteiger partial charge is 0.310 e.